The number of carboxylic acids is 1. The van der Waals surface area contributed by atoms with Crippen LogP contribution in [0.25, 0.3) is 0 Å². The van der Waals surface area contributed by atoms with Gasteiger partial charge in [0.25, 0.3) is 0 Å². The first-order chi connectivity index (χ1) is 10.0. The number of rotatable bonds is 3. The summed E-state index contributed by atoms with van der Waals surface area (Å²) >= 11 is 0. The molecule has 0 saturated carbocycles. The fraction of sp³-hybridized carbons (Fsp3) is 0.467. The molecule has 1 unspecified atom stereocenters. The fourth-order valence-electron chi connectivity index (χ4n) is 2.48. The lowest BCUT2D eigenvalue weighted by atomic mass is 9.99. The third kappa shape index (κ3) is 3.72. The molecule has 114 valence electrons. The maximum absolute atomic E-state index is 12.2. The van der Waals surface area contributed by atoms with E-state index in [1.807, 2.05) is 6.92 Å². The number of aromatic carboxylic acids is 1. The smallest absolute Gasteiger partial charge is 0.335 e. The highest BCUT2D eigenvalue weighted by Crippen LogP contribution is 2.20. The van der Waals surface area contributed by atoms with Crippen molar-refractivity contribution in [3.63, 3.8) is 0 Å². The summed E-state index contributed by atoms with van der Waals surface area (Å²) in [7, 11) is 0. The number of hydrogen-bond acceptors (Lipinski definition) is 3. The van der Waals surface area contributed by atoms with Crippen molar-refractivity contribution in [2.24, 2.45) is 5.92 Å². The van der Waals surface area contributed by atoms with E-state index in [2.05, 4.69) is 5.32 Å². The van der Waals surface area contributed by atoms with Gasteiger partial charge < -0.3 is 20.4 Å². The van der Waals surface area contributed by atoms with Crippen LogP contribution in [-0.2, 0) is 0 Å². The lowest BCUT2D eigenvalue weighted by Gasteiger charge is -2.32. The van der Waals surface area contributed by atoms with Crippen molar-refractivity contribution in [1.82, 2.24) is 4.90 Å². The molecule has 0 spiro atoms. The number of aliphatic hydroxyl groups excluding tert-OH is 1. The van der Waals surface area contributed by atoms with Gasteiger partial charge in [0.05, 0.1) is 5.56 Å². The topological polar surface area (TPSA) is 89.9 Å². The maximum atomic E-state index is 12.2. The van der Waals surface area contributed by atoms with Crippen molar-refractivity contribution < 1.29 is 19.8 Å². The van der Waals surface area contributed by atoms with Crippen LogP contribution in [-0.4, -0.2) is 46.8 Å². The van der Waals surface area contributed by atoms with Gasteiger partial charge in [0.15, 0.2) is 0 Å². The Morgan fingerprint density at radius 2 is 2.19 bits per heavy atom. The van der Waals surface area contributed by atoms with Gasteiger partial charge in [-0.25, -0.2) is 9.59 Å². The van der Waals surface area contributed by atoms with Gasteiger partial charge in [-0.3, -0.25) is 0 Å². The first kappa shape index (κ1) is 15.3. The zero-order valence-electron chi connectivity index (χ0n) is 12.0. The molecule has 0 radical (unpaired) electrons. The lowest BCUT2D eigenvalue weighted by molar-refractivity contribution is 0.0697. The maximum Gasteiger partial charge on any atom is 0.335 e. The molecule has 1 aliphatic rings. The van der Waals surface area contributed by atoms with E-state index in [4.69, 9.17) is 5.11 Å². The summed E-state index contributed by atoms with van der Waals surface area (Å²) in [5.74, 6) is -0.903. The van der Waals surface area contributed by atoms with Crippen LogP contribution in [0.5, 0.6) is 0 Å². The Morgan fingerprint density at radius 1 is 1.43 bits per heavy atom. The third-order valence-corrected chi connectivity index (χ3v) is 3.79. The van der Waals surface area contributed by atoms with Gasteiger partial charge in [0, 0.05) is 25.4 Å². The molecule has 1 aromatic carbocycles. The summed E-state index contributed by atoms with van der Waals surface area (Å²) in [6.07, 6.45) is 1.79. The van der Waals surface area contributed by atoms with Crippen molar-refractivity contribution in [3.05, 3.63) is 29.3 Å². The molecular weight excluding hydrogens is 272 g/mol. The van der Waals surface area contributed by atoms with Gasteiger partial charge >= 0.3 is 12.0 Å². The molecule has 0 aromatic heterocycles. The summed E-state index contributed by atoms with van der Waals surface area (Å²) in [6.45, 7) is 3.07. The molecule has 6 heteroatoms. The highest BCUT2D eigenvalue weighted by molar-refractivity contribution is 5.94. The van der Waals surface area contributed by atoms with Gasteiger partial charge in [0.2, 0.25) is 0 Å². The quantitative estimate of drug-likeness (QED) is 0.794. The second-order valence-electron chi connectivity index (χ2n) is 5.40. The minimum Gasteiger partial charge on any atom is -0.478 e. The molecule has 3 N–H and O–H groups in total. The van der Waals surface area contributed by atoms with E-state index >= 15 is 0 Å². The number of benzene rings is 1. The number of piperidine rings is 1. The lowest BCUT2D eigenvalue weighted by Crippen LogP contribution is -2.43. The number of hydrogen-bond donors (Lipinski definition) is 3. The second-order valence-corrected chi connectivity index (χ2v) is 5.40. The Bertz CT molecular complexity index is 544. The number of aryl methyl sites for hydroxylation is 1. The Kier molecular flexibility index (Phi) is 4.80. The molecule has 6 nitrogen and oxygen atoms in total. The van der Waals surface area contributed by atoms with E-state index in [1.54, 1.807) is 11.0 Å². The Labute approximate surface area is 123 Å². The fourth-order valence-corrected chi connectivity index (χ4v) is 2.48. The molecule has 1 aliphatic heterocycles. The molecule has 0 bridgehead atoms. The monoisotopic (exact) mass is 292 g/mol. The van der Waals surface area contributed by atoms with Gasteiger partial charge in [0.1, 0.15) is 0 Å². The molecule has 0 aliphatic carbocycles. The van der Waals surface area contributed by atoms with Gasteiger partial charge in [-0.05, 0) is 43.4 Å². The number of aliphatic hydroxyl groups is 1. The third-order valence-electron chi connectivity index (χ3n) is 3.79. The van der Waals surface area contributed by atoms with Crippen LogP contribution in [0.3, 0.4) is 0 Å². The van der Waals surface area contributed by atoms with Crippen LogP contribution >= 0.6 is 0 Å². The highest BCUT2D eigenvalue weighted by Gasteiger charge is 2.23. The molecule has 2 amide bonds. The summed E-state index contributed by atoms with van der Waals surface area (Å²) in [4.78, 5) is 24.9. The summed E-state index contributed by atoms with van der Waals surface area (Å²) < 4.78 is 0. The first-order valence-electron chi connectivity index (χ1n) is 7.02. The van der Waals surface area contributed by atoms with Crippen molar-refractivity contribution in [2.45, 2.75) is 19.8 Å². The molecule has 1 atom stereocenters. The van der Waals surface area contributed by atoms with E-state index in [1.165, 1.54) is 12.1 Å². The molecule has 1 heterocycles. The average molecular weight is 292 g/mol. The summed E-state index contributed by atoms with van der Waals surface area (Å²) in [6, 6.07) is 4.39. The van der Waals surface area contributed by atoms with Crippen molar-refractivity contribution in [2.75, 3.05) is 25.0 Å². The van der Waals surface area contributed by atoms with Crippen LogP contribution in [0.15, 0.2) is 18.2 Å². The molecule has 1 fully saturated rings. The van der Waals surface area contributed by atoms with Gasteiger partial charge in [-0.2, -0.15) is 0 Å². The predicted octanol–water partition coefficient (Wildman–Crippen LogP) is 1.93. The SMILES string of the molecule is Cc1ccc(C(=O)O)cc1NC(=O)N1CCCC(CO)C1. The molecule has 1 saturated heterocycles. The van der Waals surface area contributed by atoms with Crippen molar-refractivity contribution in [3.8, 4) is 0 Å². The van der Waals surface area contributed by atoms with E-state index in [-0.39, 0.29) is 24.1 Å². The largest absolute Gasteiger partial charge is 0.478 e. The standard InChI is InChI=1S/C15H20N2O4/c1-10-4-5-12(14(19)20)7-13(10)16-15(21)17-6-2-3-11(8-17)9-18/h4-5,7,11,18H,2-3,6,8-9H2,1H3,(H,16,21)(H,19,20). The van der Waals surface area contributed by atoms with Crippen LogP contribution in [0, 0.1) is 12.8 Å². The van der Waals surface area contributed by atoms with Crippen LogP contribution in [0.4, 0.5) is 10.5 Å². The van der Waals surface area contributed by atoms with E-state index < -0.39 is 5.97 Å². The van der Waals surface area contributed by atoms with Crippen molar-refractivity contribution in [1.29, 1.82) is 0 Å². The second kappa shape index (κ2) is 6.58. The first-order valence-corrected chi connectivity index (χ1v) is 7.02. The van der Waals surface area contributed by atoms with Gasteiger partial charge in [-0.1, -0.05) is 6.07 Å². The van der Waals surface area contributed by atoms with E-state index in [0.29, 0.717) is 18.8 Å². The number of nitrogens with zero attached hydrogens (tertiary/aromatic N) is 1. The normalized spacial score (nSPS) is 18.4. The van der Waals surface area contributed by atoms with E-state index in [0.717, 1.165) is 18.4 Å². The van der Waals surface area contributed by atoms with Crippen LogP contribution in [0.2, 0.25) is 0 Å². The number of urea groups is 1. The number of likely N-dealkylation sites (tertiary alicyclic amines) is 1. The summed E-state index contributed by atoms with van der Waals surface area (Å²) in [5, 5.41) is 21.0. The molecule has 2 rings (SSSR count). The Hall–Kier alpha value is -2.08. The number of carbonyl (C=O) groups excluding carboxylic acids is 1. The summed E-state index contributed by atoms with van der Waals surface area (Å²) in [5.41, 5.74) is 1.46. The minimum atomic E-state index is -1.02. The number of carboxylic acid groups (broad SMARTS) is 1. The van der Waals surface area contributed by atoms with Crippen molar-refractivity contribution >= 4 is 17.7 Å². The average Bonchev–Trinajstić information content (AvgIpc) is 2.49. The number of carbonyl (C=O) groups is 2. The minimum absolute atomic E-state index is 0.0807. The zero-order chi connectivity index (χ0) is 15.4. The van der Waals surface area contributed by atoms with Crippen LogP contribution < -0.4 is 5.32 Å². The zero-order valence-corrected chi connectivity index (χ0v) is 12.0. The van der Waals surface area contributed by atoms with E-state index in [9.17, 15) is 14.7 Å². The Morgan fingerprint density at radius 3 is 2.86 bits per heavy atom. The van der Waals surface area contributed by atoms with Gasteiger partial charge in [-0.15, -0.1) is 0 Å². The molecule has 21 heavy (non-hydrogen) atoms. The molecule has 1 aromatic rings. The Balaban J connectivity index is 2.08. The van der Waals surface area contributed by atoms with Crippen LogP contribution in [0.1, 0.15) is 28.8 Å². The molecular formula is C15H20N2O4. The number of anilines is 1. The number of amides is 2. The highest BCUT2D eigenvalue weighted by atomic mass is 16.4. The predicted molar refractivity (Wildman–Crippen MR) is 78.5 cm³/mol. The number of nitrogens with one attached hydrogen (secondary N) is 1.